The summed E-state index contributed by atoms with van der Waals surface area (Å²) in [6.45, 7) is 0. The first kappa shape index (κ1) is 17.2. The van der Waals surface area contributed by atoms with Crippen LogP contribution in [0.3, 0.4) is 0 Å². The van der Waals surface area contributed by atoms with Gasteiger partial charge in [-0.25, -0.2) is 8.42 Å². The number of para-hydroxylation sites is 2. The van der Waals surface area contributed by atoms with Crippen LogP contribution in [-0.4, -0.2) is 21.4 Å². The molecule has 7 heteroatoms. The zero-order chi connectivity index (χ0) is 17.9. The average Bonchev–Trinajstić information content (AvgIpc) is 3.14. The molecule has 1 amide bonds. The van der Waals surface area contributed by atoms with Crippen LogP contribution in [0.5, 0.6) is 5.75 Å². The van der Waals surface area contributed by atoms with E-state index >= 15 is 0 Å². The van der Waals surface area contributed by atoms with Gasteiger partial charge in [-0.05, 0) is 36.4 Å². The maximum Gasteiger partial charge on any atom is 0.265 e. The zero-order valence-electron chi connectivity index (χ0n) is 13.3. The van der Waals surface area contributed by atoms with Crippen LogP contribution in [-0.2, 0) is 9.84 Å². The molecular formula is C18H15NO4S2. The quantitative estimate of drug-likeness (QED) is 0.737. The normalized spacial score (nSPS) is 11.1. The third kappa shape index (κ3) is 3.57. The smallest absolute Gasteiger partial charge is 0.265 e. The molecule has 0 fully saturated rings. The van der Waals surface area contributed by atoms with Gasteiger partial charge in [-0.1, -0.05) is 30.3 Å². The number of carbonyl (C=O) groups is 1. The van der Waals surface area contributed by atoms with Gasteiger partial charge in [-0.2, -0.15) is 0 Å². The molecule has 25 heavy (non-hydrogen) atoms. The number of benzene rings is 2. The number of hydrogen-bond acceptors (Lipinski definition) is 5. The first-order valence-electron chi connectivity index (χ1n) is 7.37. The highest BCUT2D eigenvalue weighted by molar-refractivity contribution is 7.93. The number of sulfone groups is 1. The second-order valence-corrected chi connectivity index (χ2v) is 8.35. The van der Waals surface area contributed by atoms with E-state index < -0.39 is 9.84 Å². The van der Waals surface area contributed by atoms with Crippen LogP contribution >= 0.6 is 11.3 Å². The van der Waals surface area contributed by atoms with Crippen LogP contribution in [0.25, 0.3) is 0 Å². The Balaban J connectivity index is 1.85. The van der Waals surface area contributed by atoms with Gasteiger partial charge in [0.2, 0.25) is 9.84 Å². The van der Waals surface area contributed by atoms with Crippen LogP contribution in [0.2, 0.25) is 0 Å². The lowest BCUT2D eigenvalue weighted by Crippen LogP contribution is -2.10. The molecule has 0 spiro atoms. The van der Waals surface area contributed by atoms with Gasteiger partial charge in [0.15, 0.2) is 0 Å². The summed E-state index contributed by atoms with van der Waals surface area (Å²) in [5, 5.41) is 2.73. The van der Waals surface area contributed by atoms with E-state index in [-0.39, 0.29) is 15.0 Å². The SMILES string of the molecule is COc1ccccc1NC(=O)c1ccc(S(=O)(=O)c2ccccc2)s1. The van der Waals surface area contributed by atoms with E-state index in [2.05, 4.69) is 5.32 Å². The van der Waals surface area contributed by atoms with Crippen molar-refractivity contribution in [3.05, 3.63) is 71.6 Å². The van der Waals surface area contributed by atoms with Crippen molar-refractivity contribution in [2.75, 3.05) is 12.4 Å². The Morgan fingerprint density at radius 3 is 2.36 bits per heavy atom. The van der Waals surface area contributed by atoms with Crippen molar-refractivity contribution in [1.82, 2.24) is 0 Å². The molecule has 0 atom stereocenters. The van der Waals surface area contributed by atoms with Crippen molar-refractivity contribution in [2.45, 2.75) is 9.10 Å². The number of nitrogens with one attached hydrogen (secondary N) is 1. The standard InChI is InChI=1S/C18H15NO4S2/c1-23-15-10-6-5-9-14(15)19-18(20)16-11-12-17(24-16)25(21,22)13-7-3-2-4-8-13/h2-12H,1H3,(H,19,20). The molecule has 0 aliphatic heterocycles. The second kappa shape index (κ2) is 7.08. The van der Waals surface area contributed by atoms with Gasteiger partial charge >= 0.3 is 0 Å². The Bertz CT molecular complexity index is 995. The number of thiophene rings is 1. The molecule has 1 heterocycles. The molecule has 0 unspecified atom stereocenters. The predicted octanol–water partition coefficient (Wildman–Crippen LogP) is 3.84. The molecule has 2 aromatic carbocycles. The Morgan fingerprint density at radius 1 is 0.960 bits per heavy atom. The fraction of sp³-hybridized carbons (Fsp3) is 0.0556. The van der Waals surface area contributed by atoms with E-state index in [0.717, 1.165) is 11.3 Å². The molecule has 0 saturated heterocycles. The van der Waals surface area contributed by atoms with Crippen LogP contribution in [0, 0.1) is 0 Å². The number of ether oxygens (including phenoxy) is 1. The molecule has 0 radical (unpaired) electrons. The molecule has 3 rings (SSSR count). The van der Waals surface area contributed by atoms with E-state index in [1.165, 1.54) is 31.4 Å². The first-order chi connectivity index (χ1) is 12.0. The Labute approximate surface area is 149 Å². The summed E-state index contributed by atoms with van der Waals surface area (Å²) in [4.78, 5) is 12.9. The van der Waals surface area contributed by atoms with Gasteiger partial charge in [0, 0.05) is 0 Å². The second-order valence-electron chi connectivity index (χ2n) is 5.09. The van der Waals surface area contributed by atoms with Crippen LogP contribution in [0.15, 0.2) is 75.8 Å². The lowest BCUT2D eigenvalue weighted by atomic mass is 10.3. The van der Waals surface area contributed by atoms with Crippen molar-refractivity contribution >= 4 is 32.8 Å². The minimum atomic E-state index is -3.62. The largest absolute Gasteiger partial charge is 0.495 e. The highest BCUT2D eigenvalue weighted by atomic mass is 32.2. The topological polar surface area (TPSA) is 72.5 Å². The van der Waals surface area contributed by atoms with Crippen molar-refractivity contribution in [3.8, 4) is 5.75 Å². The van der Waals surface area contributed by atoms with Crippen molar-refractivity contribution in [1.29, 1.82) is 0 Å². The van der Waals surface area contributed by atoms with E-state index in [1.54, 1.807) is 42.5 Å². The van der Waals surface area contributed by atoms with E-state index in [0.29, 0.717) is 16.3 Å². The van der Waals surface area contributed by atoms with Gasteiger partial charge in [0.25, 0.3) is 5.91 Å². The van der Waals surface area contributed by atoms with Gasteiger partial charge in [0.1, 0.15) is 9.96 Å². The summed E-state index contributed by atoms with van der Waals surface area (Å²) in [7, 11) is -2.11. The Morgan fingerprint density at radius 2 is 1.64 bits per heavy atom. The summed E-state index contributed by atoms with van der Waals surface area (Å²) in [6, 6.07) is 18.1. The molecule has 0 aliphatic rings. The molecule has 0 bridgehead atoms. The van der Waals surface area contributed by atoms with Crippen LogP contribution in [0.4, 0.5) is 5.69 Å². The molecule has 0 saturated carbocycles. The van der Waals surface area contributed by atoms with E-state index in [9.17, 15) is 13.2 Å². The summed E-state index contributed by atoms with van der Waals surface area (Å²) in [5.74, 6) is 0.147. The molecular weight excluding hydrogens is 358 g/mol. The van der Waals surface area contributed by atoms with Gasteiger partial charge in [-0.15, -0.1) is 11.3 Å². The Kier molecular flexibility index (Phi) is 4.87. The number of carbonyl (C=O) groups excluding carboxylic acids is 1. The van der Waals surface area contributed by atoms with Gasteiger partial charge < -0.3 is 10.1 Å². The van der Waals surface area contributed by atoms with Crippen LogP contribution < -0.4 is 10.1 Å². The zero-order valence-corrected chi connectivity index (χ0v) is 14.9. The molecule has 3 aromatic rings. The molecule has 5 nitrogen and oxygen atoms in total. The number of rotatable bonds is 5. The van der Waals surface area contributed by atoms with E-state index in [4.69, 9.17) is 4.74 Å². The third-order valence-corrected chi connectivity index (χ3v) is 6.82. The van der Waals surface area contributed by atoms with Crippen LogP contribution in [0.1, 0.15) is 9.67 Å². The number of hydrogen-bond donors (Lipinski definition) is 1. The van der Waals surface area contributed by atoms with Gasteiger partial charge in [0.05, 0.1) is 22.6 Å². The highest BCUT2D eigenvalue weighted by Crippen LogP contribution is 2.29. The fourth-order valence-electron chi connectivity index (χ4n) is 2.23. The summed E-state index contributed by atoms with van der Waals surface area (Å²) >= 11 is 0.935. The lowest BCUT2D eigenvalue weighted by Gasteiger charge is -2.08. The summed E-state index contributed by atoms with van der Waals surface area (Å²) < 4.78 is 30.5. The maximum absolute atomic E-state index is 12.6. The summed E-state index contributed by atoms with van der Waals surface area (Å²) in [5.41, 5.74) is 0.524. The first-order valence-corrected chi connectivity index (χ1v) is 9.66. The number of amides is 1. The molecule has 0 aliphatic carbocycles. The minimum absolute atomic E-state index is 0.129. The molecule has 1 aromatic heterocycles. The fourth-order valence-corrected chi connectivity index (χ4v) is 4.86. The lowest BCUT2D eigenvalue weighted by molar-refractivity contribution is 0.103. The summed E-state index contributed by atoms with van der Waals surface area (Å²) in [6.07, 6.45) is 0. The molecule has 1 N–H and O–H groups in total. The van der Waals surface area contributed by atoms with Crippen molar-refractivity contribution < 1.29 is 17.9 Å². The number of anilines is 1. The van der Waals surface area contributed by atoms with E-state index in [1.807, 2.05) is 0 Å². The minimum Gasteiger partial charge on any atom is -0.495 e. The van der Waals surface area contributed by atoms with Crippen molar-refractivity contribution in [2.24, 2.45) is 0 Å². The Hall–Kier alpha value is -2.64. The third-order valence-electron chi connectivity index (χ3n) is 3.48. The predicted molar refractivity (Wildman–Crippen MR) is 97.2 cm³/mol. The average molecular weight is 373 g/mol. The maximum atomic E-state index is 12.6. The molecule has 128 valence electrons. The van der Waals surface area contributed by atoms with Gasteiger partial charge in [-0.3, -0.25) is 4.79 Å². The number of methoxy groups -OCH3 is 1. The highest BCUT2D eigenvalue weighted by Gasteiger charge is 2.21. The monoisotopic (exact) mass is 373 g/mol. The van der Waals surface area contributed by atoms with Crippen molar-refractivity contribution in [3.63, 3.8) is 0 Å².